The van der Waals surface area contributed by atoms with Crippen LogP contribution in [0.5, 0.6) is 0 Å². The number of rotatable bonds is 5. The highest BCUT2D eigenvalue weighted by Crippen LogP contribution is 2.14. The predicted octanol–water partition coefficient (Wildman–Crippen LogP) is 1.22. The number of amides is 2. The number of hydrogen-bond acceptors (Lipinski definition) is 3. The zero-order valence-electron chi connectivity index (χ0n) is 12.9. The second kappa shape index (κ2) is 7.47. The number of likely N-dealkylation sites (N-methyl/N-ethyl adjacent to an activating group) is 2. The van der Waals surface area contributed by atoms with E-state index < -0.39 is 12.0 Å². The SMILES string of the molecule is CC(C)C[C@H](NC(=O)N(C)C1CCCN(C)C1)C(=O)O. The van der Waals surface area contributed by atoms with Crippen LogP contribution >= 0.6 is 0 Å². The first kappa shape index (κ1) is 16.8. The smallest absolute Gasteiger partial charge is 0.326 e. The molecule has 0 bridgehead atoms. The molecule has 0 saturated carbocycles. The molecule has 1 fully saturated rings. The predicted molar refractivity (Wildman–Crippen MR) is 77.7 cm³/mol. The zero-order chi connectivity index (χ0) is 15.3. The normalized spacial score (nSPS) is 21.6. The molecule has 6 nitrogen and oxygen atoms in total. The Bertz CT molecular complexity index is 347. The Hall–Kier alpha value is -1.30. The minimum Gasteiger partial charge on any atom is -0.480 e. The number of carbonyl (C=O) groups excluding carboxylic acids is 1. The molecule has 6 heteroatoms. The van der Waals surface area contributed by atoms with Gasteiger partial charge in [-0.1, -0.05) is 13.8 Å². The topological polar surface area (TPSA) is 72.9 Å². The number of piperidine rings is 1. The molecule has 2 atom stereocenters. The maximum absolute atomic E-state index is 12.2. The van der Waals surface area contributed by atoms with Crippen molar-refractivity contribution in [2.45, 2.75) is 45.2 Å². The number of aliphatic carboxylic acids is 1. The van der Waals surface area contributed by atoms with Gasteiger partial charge in [-0.3, -0.25) is 0 Å². The van der Waals surface area contributed by atoms with E-state index in [0.717, 1.165) is 25.9 Å². The lowest BCUT2D eigenvalue weighted by Crippen LogP contribution is -2.53. The van der Waals surface area contributed by atoms with Crippen molar-refractivity contribution < 1.29 is 14.7 Å². The summed E-state index contributed by atoms with van der Waals surface area (Å²) in [7, 11) is 3.78. The van der Waals surface area contributed by atoms with Crippen LogP contribution in [0.25, 0.3) is 0 Å². The Morgan fingerprint density at radius 3 is 2.60 bits per heavy atom. The number of nitrogens with one attached hydrogen (secondary N) is 1. The van der Waals surface area contributed by atoms with Gasteiger partial charge in [0, 0.05) is 19.6 Å². The molecule has 1 saturated heterocycles. The first-order chi connectivity index (χ1) is 9.31. The van der Waals surface area contributed by atoms with Crippen LogP contribution in [0, 0.1) is 5.92 Å². The van der Waals surface area contributed by atoms with E-state index in [1.807, 2.05) is 20.9 Å². The lowest BCUT2D eigenvalue weighted by molar-refractivity contribution is -0.139. The summed E-state index contributed by atoms with van der Waals surface area (Å²) in [5.41, 5.74) is 0. The fourth-order valence-corrected chi connectivity index (χ4v) is 2.56. The highest BCUT2D eigenvalue weighted by molar-refractivity contribution is 5.82. The fourth-order valence-electron chi connectivity index (χ4n) is 2.56. The van der Waals surface area contributed by atoms with Gasteiger partial charge in [-0.2, -0.15) is 0 Å². The summed E-state index contributed by atoms with van der Waals surface area (Å²) in [6.07, 6.45) is 2.48. The van der Waals surface area contributed by atoms with Crippen molar-refractivity contribution in [1.29, 1.82) is 0 Å². The highest BCUT2D eigenvalue weighted by Gasteiger charge is 2.28. The third kappa shape index (κ3) is 5.00. The quantitative estimate of drug-likeness (QED) is 0.796. The van der Waals surface area contributed by atoms with Gasteiger partial charge >= 0.3 is 12.0 Å². The molecule has 0 spiro atoms. The maximum atomic E-state index is 12.2. The van der Waals surface area contributed by atoms with Gasteiger partial charge in [0.25, 0.3) is 0 Å². The average molecular weight is 285 g/mol. The van der Waals surface area contributed by atoms with Crippen LogP contribution in [-0.2, 0) is 4.79 Å². The highest BCUT2D eigenvalue weighted by atomic mass is 16.4. The number of likely N-dealkylation sites (tertiary alicyclic amines) is 1. The van der Waals surface area contributed by atoms with Crippen molar-refractivity contribution in [1.82, 2.24) is 15.1 Å². The number of urea groups is 1. The summed E-state index contributed by atoms with van der Waals surface area (Å²) >= 11 is 0. The number of hydrogen-bond donors (Lipinski definition) is 2. The molecular formula is C14H27N3O3. The van der Waals surface area contributed by atoms with Crippen LogP contribution in [0.1, 0.15) is 33.1 Å². The lowest BCUT2D eigenvalue weighted by Gasteiger charge is -2.36. The number of carbonyl (C=O) groups is 2. The van der Waals surface area contributed by atoms with E-state index in [0.29, 0.717) is 6.42 Å². The Morgan fingerprint density at radius 2 is 2.10 bits per heavy atom. The molecule has 1 rings (SSSR count). The standard InChI is InChI=1S/C14H27N3O3/c1-10(2)8-12(13(18)19)15-14(20)17(4)11-6-5-7-16(3)9-11/h10-12H,5-9H2,1-4H3,(H,15,20)(H,18,19)/t11?,12-/m0/s1. The van der Waals surface area contributed by atoms with E-state index in [1.54, 1.807) is 11.9 Å². The third-order valence-electron chi connectivity index (χ3n) is 3.77. The summed E-state index contributed by atoms with van der Waals surface area (Å²) in [5.74, 6) is -0.747. The molecule has 2 amide bonds. The monoisotopic (exact) mass is 285 g/mol. The van der Waals surface area contributed by atoms with Crippen LogP contribution in [0.4, 0.5) is 4.79 Å². The molecule has 1 unspecified atom stereocenters. The van der Waals surface area contributed by atoms with Crippen molar-refractivity contribution in [3.63, 3.8) is 0 Å². The van der Waals surface area contributed by atoms with Gasteiger partial charge in [0.2, 0.25) is 0 Å². The third-order valence-corrected chi connectivity index (χ3v) is 3.77. The zero-order valence-corrected chi connectivity index (χ0v) is 12.9. The van der Waals surface area contributed by atoms with Crippen LogP contribution in [0.3, 0.4) is 0 Å². The summed E-state index contributed by atoms with van der Waals surface area (Å²) in [4.78, 5) is 27.2. The number of nitrogens with zero attached hydrogens (tertiary/aromatic N) is 2. The van der Waals surface area contributed by atoms with E-state index >= 15 is 0 Å². The molecule has 0 radical (unpaired) electrons. The number of carboxylic acids is 1. The second-order valence-electron chi connectivity index (χ2n) is 6.14. The molecule has 2 N–H and O–H groups in total. The van der Waals surface area contributed by atoms with Crippen LogP contribution in [0.2, 0.25) is 0 Å². The molecule has 0 aromatic carbocycles. The van der Waals surface area contributed by atoms with Crippen molar-refractivity contribution in [2.24, 2.45) is 5.92 Å². The first-order valence-corrected chi connectivity index (χ1v) is 7.26. The van der Waals surface area contributed by atoms with E-state index in [1.165, 1.54) is 0 Å². The molecule has 1 aliphatic rings. The molecule has 20 heavy (non-hydrogen) atoms. The van der Waals surface area contributed by atoms with E-state index in [-0.39, 0.29) is 18.0 Å². The molecule has 116 valence electrons. The van der Waals surface area contributed by atoms with Gasteiger partial charge in [0.05, 0.1) is 0 Å². The van der Waals surface area contributed by atoms with Crippen LogP contribution in [-0.4, -0.2) is 66.2 Å². The Balaban J connectivity index is 2.56. The molecule has 0 aromatic rings. The van der Waals surface area contributed by atoms with Crippen molar-refractivity contribution in [3.05, 3.63) is 0 Å². The Kier molecular flexibility index (Phi) is 6.26. The van der Waals surface area contributed by atoms with E-state index in [9.17, 15) is 9.59 Å². The largest absolute Gasteiger partial charge is 0.480 e. The van der Waals surface area contributed by atoms with Crippen molar-refractivity contribution >= 4 is 12.0 Å². The molecule has 0 aromatic heterocycles. The van der Waals surface area contributed by atoms with Crippen molar-refractivity contribution in [3.8, 4) is 0 Å². The Morgan fingerprint density at radius 1 is 1.45 bits per heavy atom. The minimum atomic E-state index is -0.971. The van der Waals surface area contributed by atoms with Gasteiger partial charge in [0.15, 0.2) is 0 Å². The van der Waals surface area contributed by atoms with Gasteiger partial charge in [-0.15, -0.1) is 0 Å². The molecule has 1 heterocycles. The summed E-state index contributed by atoms with van der Waals surface area (Å²) < 4.78 is 0. The number of carboxylic acid groups (broad SMARTS) is 1. The van der Waals surface area contributed by atoms with Gasteiger partial charge in [0.1, 0.15) is 6.04 Å². The minimum absolute atomic E-state index is 0.155. The van der Waals surface area contributed by atoms with Crippen molar-refractivity contribution in [2.75, 3.05) is 27.2 Å². The first-order valence-electron chi connectivity index (χ1n) is 7.26. The lowest BCUT2D eigenvalue weighted by atomic mass is 10.0. The molecular weight excluding hydrogens is 258 g/mol. The summed E-state index contributed by atoms with van der Waals surface area (Å²) in [6, 6.07) is -0.952. The maximum Gasteiger partial charge on any atom is 0.326 e. The van der Waals surface area contributed by atoms with Gasteiger partial charge < -0.3 is 20.2 Å². The van der Waals surface area contributed by atoms with E-state index in [4.69, 9.17) is 5.11 Å². The summed E-state index contributed by atoms with van der Waals surface area (Å²) in [5, 5.41) is 11.8. The van der Waals surface area contributed by atoms with Gasteiger partial charge in [-0.05, 0) is 38.8 Å². The Labute approximate surface area is 121 Å². The summed E-state index contributed by atoms with van der Waals surface area (Å²) in [6.45, 7) is 5.78. The fraction of sp³-hybridized carbons (Fsp3) is 0.857. The van der Waals surface area contributed by atoms with E-state index in [2.05, 4.69) is 10.2 Å². The van der Waals surface area contributed by atoms with Crippen LogP contribution < -0.4 is 5.32 Å². The van der Waals surface area contributed by atoms with Gasteiger partial charge in [-0.25, -0.2) is 9.59 Å². The van der Waals surface area contributed by atoms with Crippen LogP contribution in [0.15, 0.2) is 0 Å². The average Bonchev–Trinajstić information content (AvgIpc) is 2.36. The second-order valence-corrected chi connectivity index (χ2v) is 6.14. The molecule has 0 aliphatic carbocycles. The molecule has 1 aliphatic heterocycles.